The summed E-state index contributed by atoms with van der Waals surface area (Å²) in [6.07, 6.45) is 2.52. The van der Waals surface area contributed by atoms with E-state index >= 15 is 0 Å². The largest absolute Gasteiger partial charge is 0.495 e. The van der Waals surface area contributed by atoms with Gasteiger partial charge in [0.15, 0.2) is 0 Å². The van der Waals surface area contributed by atoms with Crippen LogP contribution in [0.1, 0.15) is 12.8 Å². The minimum absolute atomic E-state index is 0.572. The van der Waals surface area contributed by atoms with Crippen LogP contribution in [0, 0.1) is 5.41 Å². The zero-order valence-corrected chi connectivity index (χ0v) is 11.5. The maximum Gasteiger partial charge on any atom is 0.142 e. The van der Waals surface area contributed by atoms with E-state index in [2.05, 4.69) is 10.2 Å². The van der Waals surface area contributed by atoms with Crippen LogP contribution in [0.4, 0.5) is 5.69 Å². The molecule has 1 spiro atoms. The number of hydrogen-bond acceptors (Lipinski definition) is 3. The molecule has 0 aromatic heterocycles. The molecule has 1 N–H and O–H groups in total. The number of anilines is 1. The molecule has 2 saturated heterocycles. The van der Waals surface area contributed by atoms with Gasteiger partial charge in [0, 0.05) is 31.2 Å². The molecule has 3 nitrogen and oxygen atoms in total. The summed E-state index contributed by atoms with van der Waals surface area (Å²) in [4.78, 5) is 2.40. The Hall–Kier alpha value is -0.930. The van der Waals surface area contributed by atoms with Crippen LogP contribution in [0.5, 0.6) is 5.75 Å². The van der Waals surface area contributed by atoms with E-state index in [1.54, 1.807) is 7.11 Å². The minimum atomic E-state index is 0.572. The van der Waals surface area contributed by atoms with Crippen LogP contribution in [0.3, 0.4) is 0 Å². The summed E-state index contributed by atoms with van der Waals surface area (Å²) in [6, 6.07) is 5.84. The number of rotatable bonds is 2. The van der Waals surface area contributed by atoms with Gasteiger partial charge in [-0.2, -0.15) is 0 Å². The zero-order valence-electron chi connectivity index (χ0n) is 10.7. The molecule has 0 radical (unpaired) electrons. The van der Waals surface area contributed by atoms with Crippen molar-refractivity contribution in [3.8, 4) is 5.75 Å². The number of piperidine rings is 1. The molecule has 0 aliphatic carbocycles. The maximum atomic E-state index is 6.10. The third-order valence-electron chi connectivity index (χ3n) is 4.31. The molecule has 98 valence electrons. The fourth-order valence-corrected chi connectivity index (χ4v) is 3.13. The second-order valence-corrected chi connectivity index (χ2v) is 5.84. The van der Waals surface area contributed by atoms with Crippen LogP contribution < -0.4 is 15.0 Å². The van der Waals surface area contributed by atoms with Gasteiger partial charge in [-0.05, 0) is 36.5 Å². The van der Waals surface area contributed by atoms with Crippen LogP contribution in [-0.4, -0.2) is 33.3 Å². The molecule has 0 bridgehead atoms. The lowest BCUT2D eigenvalue weighted by Gasteiger charge is -2.49. The van der Waals surface area contributed by atoms with Crippen LogP contribution >= 0.6 is 11.6 Å². The Bertz CT molecular complexity index is 435. The molecule has 2 aliphatic heterocycles. The molecule has 3 rings (SSSR count). The van der Waals surface area contributed by atoms with Crippen LogP contribution in [0.2, 0.25) is 5.02 Å². The zero-order chi connectivity index (χ0) is 12.6. The SMILES string of the molecule is COc1ccc(Cl)cc1N1CCC2(CC1)CNC2. The normalized spacial score (nSPS) is 21.8. The van der Waals surface area contributed by atoms with Crippen LogP contribution in [0.15, 0.2) is 18.2 Å². The summed E-state index contributed by atoms with van der Waals surface area (Å²) in [5.74, 6) is 0.919. The number of methoxy groups -OCH3 is 1. The van der Waals surface area contributed by atoms with E-state index in [9.17, 15) is 0 Å². The number of nitrogens with zero attached hydrogens (tertiary/aromatic N) is 1. The Balaban J connectivity index is 1.77. The van der Waals surface area contributed by atoms with Crippen molar-refractivity contribution in [2.24, 2.45) is 5.41 Å². The van der Waals surface area contributed by atoms with Gasteiger partial charge in [0.2, 0.25) is 0 Å². The van der Waals surface area contributed by atoms with E-state index in [0.717, 1.165) is 29.5 Å². The van der Waals surface area contributed by atoms with E-state index in [0.29, 0.717) is 5.41 Å². The molecule has 18 heavy (non-hydrogen) atoms. The van der Waals surface area contributed by atoms with Gasteiger partial charge in [-0.1, -0.05) is 11.6 Å². The maximum absolute atomic E-state index is 6.10. The summed E-state index contributed by atoms with van der Waals surface area (Å²) in [7, 11) is 1.72. The minimum Gasteiger partial charge on any atom is -0.495 e. The van der Waals surface area contributed by atoms with Crippen molar-refractivity contribution < 1.29 is 4.74 Å². The van der Waals surface area contributed by atoms with Gasteiger partial charge in [-0.15, -0.1) is 0 Å². The number of benzene rings is 1. The van der Waals surface area contributed by atoms with Crippen molar-refractivity contribution >= 4 is 17.3 Å². The van der Waals surface area contributed by atoms with Crippen LogP contribution in [-0.2, 0) is 0 Å². The van der Waals surface area contributed by atoms with E-state index in [-0.39, 0.29) is 0 Å². The fourth-order valence-electron chi connectivity index (χ4n) is 2.96. The number of ether oxygens (including phenoxy) is 1. The van der Waals surface area contributed by atoms with Crippen LogP contribution in [0.25, 0.3) is 0 Å². The average molecular weight is 267 g/mol. The van der Waals surface area contributed by atoms with E-state index < -0.39 is 0 Å². The fraction of sp³-hybridized carbons (Fsp3) is 0.571. The molecule has 4 heteroatoms. The first-order valence-corrected chi connectivity index (χ1v) is 6.89. The number of halogens is 1. The van der Waals surface area contributed by atoms with E-state index in [4.69, 9.17) is 16.3 Å². The predicted octanol–water partition coefficient (Wildman–Crippen LogP) is 2.54. The van der Waals surface area contributed by atoms with Gasteiger partial charge in [-0.25, -0.2) is 0 Å². The molecule has 0 atom stereocenters. The molecule has 2 heterocycles. The van der Waals surface area contributed by atoms with Crippen molar-refractivity contribution in [2.75, 3.05) is 38.2 Å². The number of nitrogens with one attached hydrogen (secondary N) is 1. The highest BCUT2D eigenvalue weighted by atomic mass is 35.5. The quantitative estimate of drug-likeness (QED) is 0.890. The lowest BCUT2D eigenvalue weighted by molar-refractivity contribution is 0.126. The van der Waals surface area contributed by atoms with Gasteiger partial charge in [0.05, 0.1) is 12.8 Å². The van der Waals surface area contributed by atoms with Crippen molar-refractivity contribution in [1.82, 2.24) is 5.32 Å². The van der Waals surface area contributed by atoms with Crippen molar-refractivity contribution in [2.45, 2.75) is 12.8 Å². The molecule has 2 aliphatic rings. The number of hydrogen-bond donors (Lipinski definition) is 1. The lowest BCUT2D eigenvalue weighted by Crippen LogP contribution is -2.58. The molecule has 1 aromatic carbocycles. The first-order valence-electron chi connectivity index (χ1n) is 6.52. The van der Waals surface area contributed by atoms with Gasteiger partial charge in [0.25, 0.3) is 0 Å². The summed E-state index contributed by atoms with van der Waals surface area (Å²) >= 11 is 6.10. The smallest absolute Gasteiger partial charge is 0.142 e. The molecule has 2 fully saturated rings. The Labute approximate surface area is 113 Å². The highest BCUT2D eigenvalue weighted by molar-refractivity contribution is 6.30. The third-order valence-corrected chi connectivity index (χ3v) is 4.54. The second kappa shape index (κ2) is 4.63. The summed E-state index contributed by atoms with van der Waals surface area (Å²) in [6.45, 7) is 4.57. The Kier molecular flexibility index (Phi) is 3.12. The molecule has 0 amide bonds. The topological polar surface area (TPSA) is 24.5 Å². The molecule has 0 unspecified atom stereocenters. The Morgan fingerprint density at radius 3 is 2.56 bits per heavy atom. The first kappa shape index (κ1) is 12.1. The molecular weight excluding hydrogens is 248 g/mol. The van der Waals surface area contributed by atoms with Gasteiger partial charge >= 0.3 is 0 Å². The van der Waals surface area contributed by atoms with E-state index in [1.807, 2.05) is 18.2 Å². The summed E-state index contributed by atoms with van der Waals surface area (Å²) in [5, 5.41) is 4.17. The monoisotopic (exact) mass is 266 g/mol. The Morgan fingerprint density at radius 1 is 1.28 bits per heavy atom. The standard InChI is InChI=1S/C14H19ClN2O/c1-18-13-3-2-11(15)8-12(13)17-6-4-14(5-7-17)9-16-10-14/h2-3,8,16H,4-7,9-10H2,1H3. The van der Waals surface area contributed by atoms with Gasteiger partial charge in [0.1, 0.15) is 5.75 Å². The predicted molar refractivity (Wildman–Crippen MR) is 74.8 cm³/mol. The van der Waals surface area contributed by atoms with E-state index in [1.165, 1.54) is 25.9 Å². The molecule has 0 saturated carbocycles. The lowest BCUT2D eigenvalue weighted by atomic mass is 9.73. The molecule has 1 aromatic rings. The average Bonchev–Trinajstić information content (AvgIpc) is 2.37. The summed E-state index contributed by atoms with van der Waals surface area (Å²) < 4.78 is 5.43. The van der Waals surface area contributed by atoms with Crippen molar-refractivity contribution in [3.63, 3.8) is 0 Å². The van der Waals surface area contributed by atoms with Crippen molar-refractivity contribution in [1.29, 1.82) is 0 Å². The molecular formula is C14H19ClN2O. The van der Waals surface area contributed by atoms with Crippen molar-refractivity contribution in [3.05, 3.63) is 23.2 Å². The van der Waals surface area contributed by atoms with Gasteiger partial charge < -0.3 is 15.0 Å². The summed E-state index contributed by atoms with van der Waals surface area (Å²) in [5.41, 5.74) is 1.70. The highest BCUT2D eigenvalue weighted by Gasteiger charge is 2.39. The third kappa shape index (κ3) is 2.06. The Morgan fingerprint density at radius 2 is 2.00 bits per heavy atom. The highest BCUT2D eigenvalue weighted by Crippen LogP contribution is 2.39. The second-order valence-electron chi connectivity index (χ2n) is 5.41. The first-order chi connectivity index (χ1) is 8.72. The van der Waals surface area contributed by atoms with Gasteiger partial charge in [-0.3, -0.25) is 0 Å².